The minimum atomic E-state index is -3.42. The first-order valence-corrected chi connectivity index (χ1v) is 15.0. The molecule has 0 radical (unpaired) electrons. The average Bonchev–Trinajstić information content (AvgIpc) is 2.81. The Morgan fingerprint density at radius 3 is 2.21 bits per heavy atom. The van der Waals surface area contributed by atoms with Gasteiger partial charge in [-0.3, -0.25) is 4.57 Å². The van der Waals surface area contributed by atoms with Crippen LogP contribution in [0.1, 0.15) is 27.2 Å². The van der Waals surface area contributed by atoms with Crippen LogP contribution >= 0.6 is 7.37 Å². The second kappa shape index (κ2) is 11.8. The Labute approximate surface area is 196 Å². The van der Waals surface area contributed by atoms with Crippen molar-refractivity contribution in [1.29, 1.82) is 0 Å². The van der Waals surface area contributed by atoms with Gasteiger partial charge >= 0.3 is 22.3 Å². The van der Waals surface area contributed by atoms with Crippen molar-refractivity contribution in [2.24, 2.45) is 0 Å². The summed E-state index contributed by atoms with van der Waals surface area (Å²) in [7, 11) is -6.17. The van der Waals surface area contributed by atoms with Crippen LogP contribution in [0.15, 0.2) is 48.5 Å². The number of para-hydroxylation sites is 1. The molecule has 1 unspecified atom stereocenters. The third-order valence-corrected chi connectivity index (χ3v) is 10.3. The monoisotopic (exact) mass is 493 g/mol. The Morgan fingerprint density at radius 2 is 1.55 bits per heavy atom. The van der Waals surface area contributed by atoms with Crippen LogP contribution in [-0.2, 0) is 22.6 Å². The Kier molecular flexibility index (Phi) is 9.11. The van der Waals surface area contributed by atoms with Gasteiger partial charge in [0.1, 0.15) is 5.75 Å². The van der Waals surface area contributed by atoms with Crippen LogP contribution in [0.25, 0.3) is 11.1 Å². The predicted molar refractivity (Wildman–Crippen MR) is 129 cm³/mol. The molecule has 0 spiro atoms. The van der Waals surface area contributed by atoms with E-state index in [1.165, 1.54) is 0 Å². The summed E-state index contributed by atoms with van der Waals surface area (Å²) < 4.78 is 42.2. The number of ether oxygens (including phenoxy) is 1. The number of hydrogen-bond acceptors (Lipinski definition) is 7. The number of hydrogen-bond donors (Lipinski definition) is 1. The number of carbonyl (C=O) groups is 1. The third-order valence-electron chi connectivity index (χ3n) is 5.08. The largest absolute Gasteiger partial charge is 0.500 e. The summed E-state index contributed by atoms with van der Waals surface area (Å²) in [5, 5.41) is 3.25. The van der Waals surface area contributed by atoms with Crippen LogP contribution in [0.4, 0.5) is 4.79 Å². The topological polar surface area (TPSA) is 92.3 Å². The number of carbonyl (C=O) groups excluding carboxylic acids is 1. The van der Waals surface area contributed by atoms with E-state index in [1.807, 2.05) is 51.1 Å². The highest BCUT2D eigenvalue weighted by molar-refractivity contribution is 7.67. The Hall–Kier alpha value is -2.16. The highest BCUT2D eigenvalue weighted by atomic mass is 31.2. The Morgan fingerprint density at radius 1 is 0.939 bits per heavy atom. The molecule has 3 rings (SSSR count). The van der Waals surface area contributed by atoms with Crippen molar-refractivity contribution in [2.45, 2.75) is 33.2 Å². The molecule has 10 heteroatoms. The third kappa shape index (κ3) is 6.25. The second-order valence-corrected chi connectivity index (χ2v) is 12.4. The van der Waals surface area contributed by atoms with E-state index in [2.05, 4.69) is 5.32 Å². The molecule has 0 fully saturated rings. The van der Waals surface area contributed by atoms with Crippen molar-refractivity contribution in [3.05, 3.63) is 48.5 Å². The molecule has 33 heavy (non-hydrogen) atoms. The van der Waals surface area contributed by atoms with Gasteiger partial charge in [0, 0.05) is 38.0 Å². The van der Waals surface area contributed by atoms with Crippen molar-refractivity contribution in [3.63, 3.8) is 0 Å². The average molecular weight is 494 g/mol. The van der Waals surface area contributed by atoms with Crippen LogP contribution in [0, 0.1) is 0 Å². The molecule has 1 aliphatic heterocycles. The minimum Gasteiger partial charge on any atom is -0.438 e. The van der Waals surface area contributed by atoms with Crippen LogP contribution in [0.3, 0.4) is 0 Å². The number of rotatable bonds is 12. The van der Waals surface area contributed by atoms with Gasteiger partial charge in [0.25, 0.3) is 0 Å². The first kappa shape index (κ1) is 25.5. The predicted octanol–water partition coefficient (Wildman–Crippen LogP) is 4.77. The van der Waals surface area contributed by atoms with Crippen molar-refractivity contribution in [3.8, 4) is 16.9 Å². The van der Waals surface area contributed by atoms with E-state index in [9.17, 15) is 9.36 Å². The lowest BCUT2D eigenvalue weighted by Gasteiger charge is -2.28. The van der Waals surface area contributed by atoms with Gasteiger partial charge in [0.15, 0.2) is 6.35 Å². The standard InChI is InChI=1S/C23H32NO7PSi/c1-4-28-33(29-5-2,30-6-3)17-11-16-24-23(25)27-18-32(26)22-15-10-8-13-20(22)19-12-7-9-14-21(19)31-32/h7-10,12-15H,4-6,11,16-18H2,1-3H3,(H,24,25). The SMILES string of the molecule is CCO[Si](CCCNC(=O)OCP1(=O)Oc2ccccc2-c2ccccc21)(OCC)OCC. The number of benzene rings is 2. The molecule has 8 nitrogen and oxygen atoms in total. The first-order chi connectivity index (χ1) is 16.0. The van der Waals surface area contributed by atoms with Gasteiger partial charge in [0.2, 0.25) is 0 Å². The molecule has 180 valence electrons. The van der Waals surface area contributed by atoms with E-state index < -0.39 is 22.3 Å². The van der Waals surface area contributed by atoms with Crippen molar-refractivity contribution >= 4 is 27.6 Å². The highest BCUT2D eigenvalue weighted by Gasteiger charge is 2.40. The van der Waals surface area contributed by atoms with E-state index in [0.717, 1.165) is 11.1 Å². The van der Waals surface area contributed by atoms with Gasteiger partial charge in [-0.1, -0.05) is 36.4 Å². The molecule has 2 aromatic rings. The normalized spacial score (nSPS) is 16.9. The van der Waals surface area contributed by atoms with E-state index in [0.29, 0.717) is 49.9 Å². The van der Waals surface area contributed by atoms with Gasteiger partial charge in [-0.2, -0.15) is 0 Å². The van der Waals surface area contributed by atoms with Crippen LogP contribution < -0.4 is 15.1 Å². The van der Waals surface area contributed by atoms with Gasteiger partial charge in [-0.05, 0) is 44.9 Å². The molecule has 1 heterocycles. The molecule has 0 bridgehead atoms. The maximum absolute atomic E-state index is 13.6. The van der Waals surface area contributed by atoms with E-state index in [1.54, 1.807) is 18.2 Å². The smallest absolute Gasteiger partial charge is 0.438 e. The minimum absolute atomic E-state index is 0.348. The molecule has 1 N–H and O–H groups in total. The van der Waals surface area contributed by atoms with Crippen LogP contribution in [0.2, 0.25) is 6.04 Å². The molecule has 0 saturated carbocycles. The van der Waals surface area contributed by atoms with E-state index in [4.69, 9.17) is 22.5 Å². The molecule has 0 aromatic heterocycles. The number of nitrogens with one attached hydrogen (secondary N) is 1. The molecular formula is C23H32NO7PSi. The summed E-state index contributed by atoms with van der Waals surface area (Å²) in [4.78, 5) is 12.3. The Bertz CT molecular complexity index is 970. The second-order valence-electron chi connectivity index (χ2n) is 7.35. The van der Waals surface area contributed by atoms with Crippen molar-refractivity contribution in [2.75, 3.05) is 32.7 Å². The van der Waals surface area contributed by atoms with Gasteiger partial charge in [-0.15, -0.1) is 0 Å². The fourth-order valence-electron chi connectivity index (χ4n) is 3.76. The number of amides is 1. The maximum Gasteiger partial charge on any atom is 0.500 e. The molecule has 0 aliphatic carbocycles. The molecule has 1 amide bonds. The molecular weight excluding hydrogens is 461 g/mol. The lowest BCUT2D eigenvalue weighted by molar-refractivity contribution is 0.0707. The van der Waals surface area contributed by atoms with Gasteiger partial charge < -0.3 is 27.9 Å². The summed E-state index contributed by atoms with van der Waals surface area (Å²) in [6.07, 6.45) is -0.396. The Balaban J connectivity index is 1.55. The number of fused-ring (bicyclic) bond motifs is 3. The zero-order chi connectivity index (χ0) is 23.7. The molecule has 1 aliphatic rings. The summed E-state index contributed by atoms with van der Waals surface area (Å²) >= 11 is 0. The van der Waals surface area contributed by atoms with E-state index in [-0.39, 0.29) is 6.35 Å². The number of alkyl carbamates (subject to hydrolysis) is 1. The zero-order valence-corrected chi connectivity index (χ0v) is 21.3. The van der Waals surface area contributed by atoms with Crippen LogP contribution in [0.5, 0.6) is 5.75 Å². The molecule has 2 aromatic carbocycles. The highest BCUT2D eigenvalue weighted by Crippen LogP contribution is 2.54. The summed E-state index contributed by atoms with van der Waals surface area (Å²) in [5.74, 6) is 0.521. The maximum atomic E-state index is 13.6. The zero-order valence-electron chi connectivity index (χ0n) is 19.4. The van der Waals surface area contributed by atoms with Gasteiger partial charge in [-0.25, -0.2) is 4.79 Å². The summed E-state index contributed by atoms with van der Waals surface area (Å²) in [6, 6.07) is 15.3. The molecule has 1 atom stereocenters. The summed E-state index contributed by atoms with van der Waals surface area (Å²) in [6.45, 7) is 7.57. The fraction of sp³-hybridized carbons (Fsp3) is 0.435. The fourth-order valence-corrected chi connectivity index (χ4v) is 8.30. The van der Waals surface area contributed by atoms with E-state index >= 15 is 0 Å². The quantitative estimate of drug-likeness (QED) is 0.259. The van der Waals surface area contributed by atoms with Crippen LogP contribution in [-0.4, -0.2) is 47.6 Å². The van der Waals surface area contributed by atoms with Gasteiger partial charge in [0.05, 0.1) is 5.30 Å². The molecule has 0 saturated heterocycles. The van der Waals surface area contributed by atoms with Crippen molar-refractivity contribution in [1.82, 2.24) is 5.32 Å². The lowest BCUT2D eigenvalue weighted by Crippen LogP contribution is -2.46. The lowest BCUT2D eigenvalue weighted by atomic mass is 10.0. The van der Waals surface area contributed by atoms with Crippen molar-refractivity contribution < 1.29 is 31.9 Å². The summed E-state index contributed by atoms with van der Waals surface area (Å²) in [5.41, 5.74) is 1.70. The first-order valence-electron chi connectivity index (χ1n) is 11.3.